The average Bonchev–Trinajstić information content (AvgIpc) is 3.43. The van der Waals surface area contributed by atoms with Crippen LogP contribution in [0.1, 0.15) is 0 Å². The van der Waals surface area contributed by atoms with E-state index in [9.17, 15) is 4.39 Å². The van der Waals surface area contributed by atoms with Crippen LogP contribution in [-0.2, 0) is 0 Å². The minimum atomic E-state index is -0.270. The Morgan fingerprint density at radius 3 is 2.65 bits per heavy atom. The number of nitrogens with zero attached hydrogens (tertiary/aromatic N) is 4. The van der Waals surface area contributed by atoms with Gasteiger partial charge < -0.3 is 4.98 Å². The SMILES string of the molecule is Fc1cccc(-c2ccnc3[nH]c(-c4n[nH]c5ccc(-c6cnccn6)cc45)cc23)c1. The zero-order valence-electron chi connectivity index (χ0n) is 16.2. The van der Waals surface area contributed by atoms with E-state index < -0.39 is 0 Å². The van der Waals surface area contributed by atoms with Crippen LogP contribution in [-0.4, -0.2) is 30.1 Å². The molecule has 7 heteroatoms. The van der Waals surface area contributed by atoms with E-state index in [0.717, 1.165) is 55.7 Å². The standard InChI is InChI=1S/C24H15FN6/c25-16-3-1-2-14(10-16)17-6-7-28-24-18(17)12-21(29-24)23-19-11-15(4-5-20(19)30-31-23)22-13-26-8-9-27-22/h1-13H,(H,28,29)(H,30,31). The van der Waals surface area contributed by atoms with Crippen molar-refractivity contribution in [3.63, 3.8) is 0 Å². The van der Waals surface area contributed by atoms with Crippen LogP contribution in [0.3, 0.4) is 0 Å². The van der Waals surface area contributed by atoms with E-state index in [-0.39, 0.29) is 5.82 Å². The van der Waals surface area contributed by atoms with Gasteiger partial charge in [-0.2, -0.15) is 5.10 Å². The molecule has 4 aromatic heterocycles. The molecule has 0 spiro atoms. The molecule has 0 aliphatic carbocycles. The van der Waals surface area contributed by atoms with Gasteiger partial charge in [-0.05, 0) is 47.5 Å². The average molecular weight is 406 g/mol. The highest BCUT2D eigenvalue weighted by molar-refractivity contribution is 6.00. The topological polar surface area (TPSA) is 83.1 Å². The molecular weight excluding hydrogens is 391 g/mol. The zero-order chi connectivity index (χ0) is 20.8. The van der Waals surface area contributed by atoms with Gasteiger partial charge in [0, 0.05) is 34.9 Å². The third kappa shape index (κ3) is 2.95. The lowest BCUT2D eigenvalue weighted by molar-refractivity contribution is 0.628. The van der Waals surface area contributed by atoms with Crippen LogP contribution < -0.4 is 0 Å². The van der Waals surface area contributed by atoms with Crippen LogP contribution >= 0.6 is 0 Å². The Morgan fingerprint density at radius 2 is 1.77 bits per heavy atom. The van der Waals surface area contributed by atoms with Crippen LogP contribution in [0.5, 0.6) is 0 Å². The highest BCUT2D eigenvalue weighted by atomic mass is 19.1. The summed E-state index contributed by atoms with van der Waals surface area (Å²) in [6.45, 7) is 0. The van der Waals surface area contributed by atoms with Gasteiger partial charge in [-0.25, -0.2) is 9.37 Å². The quantitative estimate of drug-likeness (QED) is 0.414. The van der Waals surface area contributed by atoms with Gasteiger partial charge >= 0.3 is 0 Å². The molecule has 0 saturated heterocycles. The van der Waals surface area contributed by atoms with Crippen molar-refractivity contribution in [2.75, 3.05) is 0 Å². The van der Waals surface area contributed by atoms with Crippen molar-refractivity contribution in [3.05, 3.63) is 85.2 Å². The van der Waals surface area contributed by atoms with E-state index in [1.54, 1.807) is 30.9 Å². The molecule has 0 radical (unpaired) electrons. The predicted molar refractivity (Wildman–Crippen MR) is 118 cm³/mol. The maximum atomic E-state index is 13.8. The van der Waals surface area contributed by atoms with Gasteiger partial charge in [0.15, 0.2) is 0 Å². The van der Waals surface area contributed by atoms with Crippen molar-refractivity contribution in [3.8, 4) is 33.8 Å². The van der Waals surface area contributed by atoms with Gasteiger partial charge in [-0.1, -0.05) is 18.2 Å². The molecule has 6 aromatic rings. The smallest absolute Gasteiger partial charge is 0.138 e. The van der Waals surface area contributed by atoms with Crippen molar-refractivity contribution in [2.45, 2.75) is 0 Å². The summed E-state index contributed by atoms with van der Waals surface area (Å²) in [4.78, 5) is 16.4. The number of rotatable bonds is 3. The number of fused-ring (bicyclic) bond motifs is 2. The molecule has 2 aromatic carbocycles. The summed E-state index contributed by atoms with van der Waals surface area (Å²) in [5, 5.41) is 9.49. The predicted octanol–water partition coefficient (Wildman–Crippen LogP) is 5.37. The summed E-state index contributed by atoms with van der Waals surface area (Å²) in [7, 11) is 0. The lowest BCUT2D eigenvalue weighted by atomic mass is 10.0. The Labute approximate surface area is 175 Å². The number of H-pyrrole nitrogens is 2. The maximum absolute atomic E-state index is 13.8. The maximum Gasteiger partial charge on any atom is 0.138 e. The van der Waals surface area contributed by atoms with Crippen molar-refractivity contribution in [1.82, 2.24) is 30.1 Å². The molecule has 0 bridgehead atoms. The second kappa shape index (κ2) is 6.84. The normalized spacial score (nSPS) is 11.4. The first-order valence-electron chi connectivity index (χ1n) is 9.75. The van der Waals surface area contributed by atoms with Crippen molar-refractivity contribution in [1.29, 1.82) is 0 Å². The van der Waals surface area contributed by atoms with Gasteiger partial charge in [0.05, 0.1) is 23.1 Å². The van der Waals surface area contributed by atoms with Crippen LogP contribution in [0.4, 0.5) is 4.39 Å². The van der Waals surface area contributed by atoms with Crippen LogP contribution in [0.2, 0.25) is 0 Å². The number of nitrogens with one attached hydrogen (secondary N) is 2. The fourth-order valence-corrected chi connectivity index (χ4v) is 3.89. The van der Waals surface area contributed by atoms with Crippen LogP contribution in [0.25, 0.3) is 55.7 Å². The Balaban J connectivity index is 1.52. The number of aromatic nitrogens is 6. The first-order chi connectivity index (χ1) is 15.3. The lowest BCUT2D eigenvalue weighted by Gasteiger charge is -2.02. The molecule has 31 heavy (non-hydrogen) atoms. The fourth-order valence-electron chi connectivity index (χ4n) is 3.89. The van der Waals surface area contributed by atoms with Gasteiger partial charge in [0.2, 0.25) is 0 Å². The Morgan fingerprint density at radius 1 is 0.806 bits per heavy atom. The number of hydrogen-bond acceptors (Lipinski definition) is 4. The van der Waals surface area contributed by atoms with Crippen LogP contribution in [0.15, 0.2) is 79.4 Å². The van der Waals surface area contributed by atoms with E-state index in [1.165, 1.54) is 12.1 Å². The Hall–Kier alpha value is -4.39. The molecule has 0 unspecified atom stereocenters. The number of aromatic amines is 2. The highest BCUT2D eigenvalue weighted by Crippen LogP contribution is 2.34. The molecule has 0 fully saturated rings. The number of hydrogen-bond donors (Lipinski definition) is 2. The summed E-state index contributed by atoms with van der Waals surface area (Å²) in [6.07, 6.45) is 6.78. The van der Waals surface area contributed by atoms with E-state index in [4.69, 9.17) is 0 Å². The van der Waals surface area contributed by atoms with Gasteiger partial charge in [-0.15, -0.1) is 0 Å². The fraction of sp³-hybridized carbons (Fsp3) is 0. The second-order valence-electron chi connectivity index (χ2n) is 7.24. The number of pyridine rings is 1. The molecule has 6 nitrogen and oxygen atoms in total. The molecule has 0 amide bonds. The molecule has 0 aliphatic rings. The third-order valence-electron chi connectivity index (χ3n) is 5.34. The third-order valence-corrected chi connectivity index (χ3v) is 5.34. The van der Waals surface area contributed by atoms with Gasteiger partial charge in [0.25, 0.3) is 0 Å². The molecular formula is C24H15FN6. The minimum absolute atomic E-state index is 0.270. The van der Waals surface area contributed by atoms with Gasteiger partial charge in [-0.3, -0.25) is 15.1 Å². The van der Waals surface area contributed by atoms with Crippen molar-refractivity contribution < 1.29 is 4.39 Å². The van der Waals surface area contributed by atoms with Crippen molar-refractivity contribution >= 4 is 21.9 Å². The molecule has 148 valence electrons. The summed E-state index contributed by atoms with van der Waals surface area (Å²) in [5.41, 5.74) is 6.71. The summed E-state index contributed by atoms with van der Waals surface area (Å²) >= 11 is 0. The molecule has 0 saturated carbocycles. The van der Waals surface area contributed by atoms with E-state index in [0.29, 0.717) is 0 Å². The Kier molecular flexibility index (Phi) is 3.86. The van der Waals surface area contributed by atoms with Gasteiger partial charge in [0.1, 0.15) is 17.2 Å². The number of benzene rings is 2. The zero-order valence-corrected chi connectivity index (χ0v) is 16.2. The largest absolute Gasteiger partial charge is 0.338 e. The molecule has 0 aliphatic heterocycles. The minimum Gasteiger partial charge on any atom is -0.338 e. The summed E-state index contributed by atoms with van der Waals surface area (Å²) in [6, 6.07) is 16.5. The molecule has 6 rings (SSSR count). The Bertz CT molecular complexity index is 1550. The lowest BCUT2D eigenvalue weighted by Crippen LogP contribution is -1.84. The van der Waals surface area contributed by atoms with Crippen LogP contribution in [0, 0.1) is 5.82 Å². The summed E-state index contributed by atoms with van der Waals surface area (Å²) < 4.78 is 13.8. The molecule has 4 heterocycles. The monoisotopic (exact) mass is 406 g/mol. The first-order valence-corrected chi connectivity index (χ1v) is 9.75. The summed E-state index contributed by atoms with van der Waals surface area (Å²) in [5.74, 6) is -0.270. The highest BCUT2D eigenvalue weighted by Gasteiger charge is 2.15. The van der Waals surface area contributed by atoms with E-state index >= 15 is 0 Å². The van der Waals surface area contributed by atoms with E-state index in [1.807, 2.05) is 36.4 Å². The number of halogens is 1. The first kappa shape index (κ1) is 17.5. The van der Waals surface area contributed by atoms with Crippen molar-refractivity contribution in [2.24, 2.45) is 0 Å². The van der Waals surface area contributed by atoms with E-state index in [2.05, 4.69) is 30.1 Å². The second-order valence-corrected chi connectivity index (χ2v) is 7.24. The molecule has 2 N–H and O–H groups in total. The molecule has 0 atom stereocenters.